The number of amides is 2. The average molecular weight is 355 g/mol. The number of carbonyl (C=O) groups excluding carboxylic acids is 1. The molecule has 2 fully saturated rings. The highest BCUT2D eigenvalue weighted by atomic mass is 16.4. The topological polar surface area (TPSA) is 95.7 Å². The number of benzene rings is 1. The Balaban J connectivity index is 1.48. The van der Waals surface area contributed by atoms with Crippen LogP contribution in [0.1, 0.15) is 25.0 Å². The fraction of sp³-hybridized carbons (Fsp3) is 0.421. The smallest absolute Gasteiger partial charge is 0.321 e. The Morgan fingerprint density at radius 2 is 2.27 bits per heavy atom. The molecule has 2 amide bonds. The molecule has 0 bridgehead atoms. The van der Waals surface area contributed by atoms with Crippen LogP contribution in [0.3, 0.4) is 0 Å². The summed E-state index contributed by atoms with van der Waals surface area (Å²) in [4.78, 5) is 30.3. The molecule has 0 unspecified atom stereocenters. The number of carbonyl (C=O) groups is 2. The molecule has 0 radical (unpaired) electrons. The third-order valence-electron chi connectivity index (χ3n) is 5.56. The number of urea groups is 1. The zero-order chi connectivity index (χ0) is 18.3. The SMILES string of the molecule is Cc1coc(-c2cccc(NC(=O)N3C[C@@H]4CCC[C@@]4(C(=O)O)C3)c2)n1. The molecule has 4 rings (SSSR count). The first-order valence-electron chi connectivity index (χ1n) is 8.80. The van der Waals surface area contributed by atoms with E-state index in [4.69, 9.17) is 4.42 Å². The average Bonchev–Trinajstić information content (AvgIpc) is 3.28. The van der Waals surface area contributed by atoms with Gasteiger partial charge >= 0.3 is 12.0 Å². The van der Waals surface area contributed by atoms with E-state index in [9.17, 15) is 14.7 Å². The third kappa shape index (κ3) is 2.73. The van der Waals surface area contributed by atoms with Gasteiger partial charge in [-0.1, -0.05) is 12.5 Å². The molecule has 1 saturated carbocycles. The van der Waals surface area contributed by atoms with Gasteiger partial charge in [-0.2, -0.15) is 0 Å². The van der Waals surface area contributed by atoms with Crippen molar-refractivity contribution >= 4 is 17.7 Å². The summed E-state index contributed by atoms with van der Waals surface area (Å²) in [6, 6.07) is 7.01. The lowest BCUT2D eigenvalue weighted by molar-refractivity contribution is -0.149. The van der Waals surface area contributed by atoms with Gasteiger partial charge in [-0.3, -0.25) is 4.79 Å². The van der Waals surface area contributed by atoms with Crippen LogP contribution < -0.4 is 5.32 Å². The van der Waals surface area contributed by atoms with Crippen molar-refractivity contribution in [3.05, 3.63) is 36.2 Å². The van der Waals surface area contributed by atoms with Crippen LogP contribution in [0.5, 0.6) is 0 Å². The number of aliphatic carboxylic acids is 1. The number of nitrogens with zero attached hydrogens (tertiary/aromatic N) is 2. The number of oxazole rings is 1. The molecular formula is C19H21N3O4. The second-order valence-corrected chi connectivity index (χ2v) is 7.24. The molecule has 136 valence electrons. The van der Waals surface area contributed by atoms with Crippen molar-refractivity contribution in [2.45, 2.75) is 26.2 Å². The minimum atomic E-state index is -0.781. The third-order valence-corrected chi connectivity index (χ3v) is 5.56. The maximum atomic E-state index is 12.6. The number of carboxylic acids is 1. The van der Waals surface area contributed by atoms with E-state index in [1.54, 1.807) is 23.3 Å². The monoisotopic (exact) mass is 355 g/mol. The quantitative estimate of drug-likeness (QED) is 0.880. The van der Waals surface area contributed by atoms with E-state index in [2.05, 4.69) is 10.3 Å². The number of carboxylic acid groups (broad SMARTS) is 1. The maximum absolute atomic E-state index is 12.6. The van der Waals surface area contributed by atoms with Crippen LogP contribution in [0.15, 0.2) is 34.9 Å². The molecule has 2 aliphatic rings. The van der Waals surface area contributed by atoms with Crippen LogP contribution in [0.4, 0.5) is 10.5 Å². The molecule has 1 saturated heterocycles. The number of aryl methyl sites for hydroxylation is 1. The highest BCUT2D eigenvalue weighted by Gasteiger charge is 2.55. The number of fused-ring (bicyclic) bond motifs is 1. The Morgan fingerprint density at radius 1 is 1.42 bits per heavy atom. The Labute approximate surface area is 151 Å². The van der Waals surface area contributed by atoms with Crippen LogP contribution in [-0.2, 0) is 4.79 Å². The van der Waals surface area contributed by atoms with E-state index >= 15 is 0 Å². The lowest BCUT2D eigenvalue weighted by Crippen LogP contribution is -2.38. The molecular weight excluding hydrogens is 334 g/mol. The Bertz CT molecular complexity index is 862. The molecule has 1 aromatic heterocycles. The normalized spacial score (nSPS) is 24.5. The minimum absolute atomic E-state index is 0.0485. The number of likely N-dealkylation sites (tertiary alicyclic amines) is 1. The summed E-state index contributed by atoms with van der Waals surface area (Å²) in [6.07, 6.45) is 4.02. The number of nitrogens with one attached hydrogen (secondary N) is 1. The van der Waals surface area contributed by atoms with Crippen LogP contribution >= 0.6 is 0 Å². The van der Waals surface area contributed by atoms with E-state index < -0.39 is 11.4 Å². The van der Waals surface area contributed by atoms with Gasteiger partial charge in [-0.25, -0.2) is 9.78 Å². The second-order valence-electron chi connectivity index (χ2n) is 7.24. The lowest BCUT2D eigenvalue weighted by atomic mass is 9.81. The molecule has 0 spiro atoms. The van der Waals surface area contributed by atoms with Gasteiger partial charge in [-0.15, -0.1) is 0 Å². The number of rotatable bonds is 3. The summed E-state index contributed by atoms with van der Waals surface area (Å²) in [7, 11) is 0. The number of aromatic nitrogens is 1. The molecule has 7 nitrogen and oxygen atoms in total. The first-order valence-corrected chi connectivity index (χ1v) is 8.80. The predicted molar refractivity (Wildman–Crippen MR) is 94.7 cm³/mol. The van der Waals surface area contributed by atoms with Gasteiger partial charge in [0.05, 0.1) is 11.1 Å². The van der Waals surface area contributed by atoms with E-state index in [-0.39, 0.29) is 18.5 Å². The van der Waals surface area contributed by atoms with Crippen molar-refractivity contribution in [3.63, 3.8) is 0 Å². The van der Waals surface area contributed by atoms with Gasteiger partial charge in [0.1, 0.15) is 6.26 Å². The van der Waals surface area contributed by atoms with Gasteiger partial charge in [0.2, 0.25) is 5.89 Å². The Morgan fingerprint density at radius 3 is 2.96 bits per heavy atom. The van der Waals surface area contributed by atoms with Gasteiger partial charge in [-0.05, 0) is 43.9 Å². The van der Waals surface area contributed by atoms with Crippen LogP contribution in [0.2, 0.25) is 0 Å². The summed E-state index contributed by atoms with van der Waals surface area (Å²) in [5.74, 6) is -0.233. The van der Waals surface area contributed by atoms with Crippen LogP contribution in [0, 0.1) is 18.3 Å². The fourth-order valence-electron chi connectivity index (χ4n) is 4.21. The van der Waals surface area contributed by atoms with E-state index in [1.807, 2.05) is 19.1 Å². The summed E-state index contributed by atoms with van der Waals surface area (Å²) in [5.41, 5.74) is 1.42. The van der Waals surface area contributed by atoms with E-state index in [1.165, 1.54) is 0 Å². The van der Waals surface area contributed by atoms with Crippen molar-refractivity contribution in [1.82, 2.24) is 9.88 Å². The summed E-state index contributed by atoms with van der Waals surface area (Å²) in [5, 5.41) is 12.5. The molecule has 1 aliphatic heterocycles. The van der Waals surface area contributed by atoms with Gasteiger partial charge < -0.3 is 19.7 Å². The van der Waals surface area contributed by atoms with Crippen molar-refractivity contribution < 1.29 is 19.1 Å². The Hall–Kier alpha value is -2.83. The minimum Gasteiger partial charge on any atom is -0.481 e. The molecule has 2 N–H and O–H groups in total. The van der Waals surface area contributed by atoms with Crippen molar-refractivity contribution in [3.8, 4) is 11.5 Å². The summed E-state index contributed by atoms with van der Waals surface area (Å²) in [6.45, 7) is 2.62. The highest BCUT2D eigenvalue weighted by molar-refractivity contribution is 5.91. The first-order chi connectivity index (χ1) is 12.5. The zero-order valence-corrected chi connectivity index (χ0v) is 14.6. The molecule has 2 aromatic rings. The molecule has 7 heteroatoms. The predicted octanol–water partition coefficient (Wildman–Crippen LogP) is 3.37. The van der Waals surface area contributed by atoms with Gasteiger partial charge in [0.25, 0.3) is 0 Å². The molecule has 1 aliphatic carbocycles. The summed E-state index contributed by atoms with van der Waals surface area (Å²) >= 11 is 0. The summed E-state index contributed by atoms with van der Waals surface area (Å²) < 4.78 is 5.40. The second kappa shape index (κ2) is 6.16. The van der Waals surface area contributed by atoms with E-state index in [0.717, 1.165) is 24.1 Å². The molecule has 2 atom stereocenters. The van der Waals surface area contributed by atoms with Gasteiger partial charge in [0, 0.05) is 24.3 Å². The lowest BCUT2D eigenvalue weighted by Gasteiger charge is -2.23. The molecule has 26 heavy (non-hydrogen) atoms. The fourth-order valence-corrected chi connectivity index (χ4v) is 4.21. The largest absolute Gasteiger partial charge is 0.481 e. The van der Waals surface area contributed by atoms with Crippen LogP contribution in [0.25, 0.3) is 11.5 Å². The molecule has 1 aromatic carbocycles. The maximum Gasteiger partial charge on any atom is 0.321 e. The van der Waals surface area contributed by atoms with Crippen LogP contribution in [-0.4, -0.2) is 40.1 Å². The number of hydrogen-bond donors (Lipinski definition) is 2. The highest BCUT2D eigenvalue weighted by Crippen LogP contribution is 2.48. The molecule has 2 heterocycles. The van der Waals surface area contributed by atoms with Crippen molar-refractivity contribution in [1.29, 1.82) is 0 Å². The first kappa shape index (κ1) is 16.6. The Kier molecular flexibility index (Phi) is 3.94. The zero-order valence-electron chi connectivity index (χ0n) is 14.6. The van der Waals surface area contributed by atoms with E-state index in [0.29, 0.717) is 24.5 Å². The number of anilines is 1. The van der Waals surface area contributed by atoms with Crippen molar-refractivity contribution in [2.24, 2.45) is 11.3 Å². The standard InChI is InChI=1S/C19H21N3O4/c1-12-10-26-16(20-12)13-4-2-6-15(8-13)21-18(25)22-9-14-5-3-7-19(14,11-22)17(23)24/h2,4,6,8,10,14H,3,5,7,9,11H2,1H3,(H,21,25)(H,23,24)/t14-,19+/m0/s1. The van der Waals surface area contributed by atoms with Crippen molar-refractivity contribution in [2.75, 3.05) is 18.4 Å². The van der Waals surface area contributed by atoms with Gasteiger partial charge in [0.15, 0.2) is 0 Å². The number of hydrogen-bond acceptors (Lipinski definition) is 4.